The topological polar surface area (TPSA) is 72.5 Å². The van der Waals surface area contributed by atoms with Gasteiger partial charge in [0.25, 0.3) is 0 Å². The van der Waals surface area contributed by atoms with Gasteiger partial charge in [-0.25, -0.2) is 4.98 Å². The van der Waals surface area contributed by atoms with E-state index >= 15 is 0 Å². The van der Waals surface area contributed by atoms with Crippen molar-refractivity contribution in [2.45, 2.75) is 0 Å². The molecule has 0 saturated carbocycles. The summed E-state index contributed by atoms with van der Waals surface area (Å²) in [4.78, 5) is 11.0. The molecule has 3 rings (SSSR count). The van der Waals surface area contributed by atoms with E-state index in [4.69, 9.17) is 4.98 Å². The summed E-state index contributed by atoms with van der Waals surface area (Å²) in [5.41, 5.74) is 4.17. The highest BCUT2D eigenvalue weighted by Gasteiger charge is 2.07. The average Bonchev–Trinajstić information content (AvgIpc) is 2.55. The van der Waals surface area contributed by atoms with Crippen LogP contribution in [0.4, 0.5) is 5.69 Å². The third-order valence-electron chi connectivity index (χ3n) is 3.57. The van der Waals surface area contributed by atoms with Crippen LogP contribution in [0, 0.1) is 0 Å². The van der Waals surface area contributed by atoms with E-state index in [1.54, 1.807) is 12.4 Å². The fourth-order valence-corrected chi connectivity index (χ4v) is 2.41. The molecule has 3 N–H and O–H groups in total. The molecule has 0 radical (unpaired) electrons. The lowest BCUT2D eigenvalue weighted by Crippen LogP contribution is -2.20. The quantitative estimate of drug-likeness (QED) is 0.616. The number of hydrogen-bond acceptors (Lipinski definition) is 4. The number of pyridine rings is 2. The summed E-state index contributed by atoms with van der Waals surface area (Å²) in [6.45, 7) is 1.89. The van der Waals surface area contributed by atoms with Gasteiger partial charge in [0.1, 0.15) is 0 Å². The van der Waals surface area contributed by atoms with E-state index < -0.39 is 0 Å². The van der Waals surface area contributed by atoms with Gasteiger partial charge in [-0.3, -0.25) is 4.98 Å². The summed E-state index contributed by atoms with van der Waals surface area (Å²) in [5.74, 6) is 0. The third-order valence-corrected chi connectivity index (χ3v) is 3.57. The highest BCUT2D eigenvalue weighted by molar-refractivity contribution is 8.93. The van der Waals surface area contributed by atoms with Gasteiger partial charge in [-0.15, -0.1) is 34.0 Å². The van der Waals surface area contributed by atoms with Crippen LogP contribution in [-0.2, 0) is 0 Å². The molecule has 0 aliphatic carbocycles. The Morgan fingerprint density at radius 1 is 1.00 bits per heavy atom. The van der Waals surface area contributed by atoms with Crippen LogP contribution in [0.15, 0.2) is 54.9 Å². The highest BCUT2D eigenvalue weighted by atomic mass is 79.9. The Morgan fingerprint density at radius 2 is 1.68 bits per heavy atom. The van der Waals surface area contributed by atoms with Crippen LogP contribution in [0.3, 0.4) is 0 Å². The number of benzene rings is 1. The van der Waals surface area contributed by atoms with Gasteiger partial charge in [0.15, 0.2) is 0 Å². The van der Waals surface area contributed by atoms with Gasteiger partial charge < -0.3 is 15.7 Å². The van der Waals surface area contributed by atoms with E-state index in [1.807, 2.05) is 24.3 Å². The molecule has 0 fully saturated rings. The predicted molar refractivity (Wildman–Crippen MR) is 116 cm³/mol. The number of halogens is 2. The smallest absolute Gasteiger partial charge is 0.0731 e. The zero-order valence-electron chi connectivity index (χ0n) is 14.3. The van der Waals surface area contributed by atoms with Gasteiger partial charge in [0.05, 0.1) is 11.2 Å². The molecule has 2 aromatic heterocycles. The predicted octanol–water partition coefficient (Wildman–Crippen LogP) is 3.60. The molecule has 0 spiro atoms. The standard InChI is InChI=1S/C18H20N4.2BrH.H2O/c1-22(2)12-11-20-18-13-17(14-7-9-19-10-8-14)21-16-6-4-3-5-15(16)18;;;/h3-10,13H,11-12H2,1-2H3,(H,20,21);2*1H;1H2. The second-order valence-corrected chi connectivity index (χ2v) is 5.54. The van der Waals surface area contributed by atoms with Crippen molar-refractivity contribution in [2.75, 3.05) is 32.5 Å². The first-order valence-electron chi connectivity index (χ1n) is 7.43. The van der Waals surface area contributed by atoms with Gasteiger partial charge in [0.2, 0.25) is 0 Å². The minimum absolute atomic E-state index is 0. The van der Waals surface area contributed by atoms with Crippen molar-refractivity contribution in [2.24, 2.45) is 0 Å². The summed E-state index contributed by atoms with van der Waals surface area (Å²) in [6.07, 6.45) is 3.59. The van der Waals surface area contributed by atoms with Crippen LogP contribution in [0.5, 0.6) is 0 Å². The summed E-state index contributed by atoms with van der Waals surface area (Å²) in [5, 5.41) is 4.68. The Balaban J connectivity index is 0.00000192. The van der Waals surface area contributed by atoms with E-state index in [-0.39, 0.29) is 39.4 Å². The monoisotopic (exact) mass is 470 g/mol. The lowest BCUT2D eigenvalue weighted by molar-refractivity contribution is 0.425. The van der Waals surface area contributed by atoms with Crippen LogP contribution in [0.25, 0.3) is 22.2 Å². The molecule has 1 aromatic carbocycles. The largest absolute Gasteiger partial charge is 0.412 e. The van der Waals surface area contributed by atoms with Crippen molar-refractivity contribution < 1.29 is 5.48 Å². The molecular weight excluding hydrogens is 448 g/mol. The molecule has 7 heteroatoms. The number of anilines is 1. The number of nitrogens with one attached hydrogen (secondary N) is 1. The van der Waals surface area contributed by atoms with Crippen LogP contribution >= 0.6 is 34.0 Å². The fourth-order valence-electron chi connectivity index (χ4n) is 2.41. The van der Waals surface area contributed by atoms with E-state index in [0.717, 1.165) is 40.9 Å². The molecule has 0 bridgehead atoms. The lowest BCUT2D eigenvalue weighted by Gasteiger charge is -2.14. The number of rotatable bonds is 5. The molecule has 0 atom stereocenters. The first-order chi connectivity index (χ1) is 10.7. The Bertz CT molecular complexity index is 769. The maximum absolute atomic E-state index is 4.77. The zero-order chi connectivity index (χ0) is 15.4. The third kappa shape index (κ3) is 6.04. The average molecular weight is 472 g/mol. The molecule has 5 nitrogen and oxygen atoms in total. The first-order valence-corrected chi connectivity index (χ1v) is 7.43. The molecule has 3 aromatic rings. The number of likely N-dealkylation sites (N-methyl/N-ethyl adjacent to an activating group) is 1. The summed E-state index contributed by atoms with van der Waals surface area (Å²) < 4.78 is 0. The fraction of sp³-hybridized carbons (Fsp3) is 0.222. The molecule has 25 heavy (non-hydrogen) atoms. The van der Waals surface area contributed by atoms with E-state index in [0.29, 0.717) is 0 Å². The number of aromatic nitrogens is 2. The minimum atomic E-state index is 0. The first kappa shape index (κ1) is 23.5. The van der Waals surface area contributed by atoms with Crippen LogP contribution in [0.1, 0.15) is 0 Å². The summed E-state index contributed by atoms with van der Waals surface area (Å²) in [7, 11) is 4.16. The highest BCUT2D eigenvalue weighted by Crippen LogP contribution is 2.27. The summed E-state index contributed by atoms with van der Waals surface area (Å²) >= 11 is 0. The molecule has 2 heterocycles. The molecular formula is C18H24Br2N4O. The van der Waals surface area contributed by atoms with Crippen molar-refractivity contribution in [1.82, 2.24) is 14.9 Å². The number of fused-ring (bicyclic) bond motifs is 1. The normalized spacial score (nSPS) is 9.72. The number of para-hydroxylation sites is 1. The Morgan fingerprint density at radius 3 is 2.36 bits per heavy atom. The maximum atomic E-state index is 4.77. The van der Waals surface area contributed by atoms with Gasteiger partial charge >= 0.3 is 0 Å². The Kier molecular flexibility index (Phi) is 10.5. The lowest BCUT2D eigenvalue weighted by atomic mass is 10.1. The van der Waals surface area contributed by atoms with Crippen LogP contribution in [0.2, 0.25) is 0 Å². The van der Waals surface area contributed by atoms with Gasteiger partial charge in [-0.05, 0) is 38.4 Å². The van der Waals surface area contributed by atoms with E-state index in [1.165, 1.54) is 0 Å². The van der Waals surface area contributed by atoms with Crippen molar-refractivity contribution in [3.8, 4) is 11.3 Å². The summed E-state index contributed by atoms with van der Waals surface area (Å²) in [6, 6.07) is 14.3. The number of nitrogens with zero attached hydrogens (tertiary/aromatic N) is 3. The van der Waals surface area contributed by atoms with Gasteiger partial charge in [0, 0.05) is 42.1 Å². The minimum Gasteiger partial charge on any atom is -0.412 e. The molecule has 0 unspecified atom stereocenters. The van der Waals surface area contributed by atoms with Crippen molar-refractivity contribution in [1.29, 1.82) is 0 Å². The molecule has 0 aliphatic heterocycles. The second kappa shape index (κ2) is 11.1. The maximum Gasteiger partial charge on any atom is 0.0731 e. The van der Waals surface area contributed by atoms with E-state index in [9.17, 15) is 0 Å². The van der Waals surface area contributed by atoms with Crippen molar-refractivity contribution in [3.05, 3.63) is 54.9 Å². The molecule has 0 aliphatic rings. The Labute approximate surface area is 169 Å². The number of hydrogen-bond donors (Lipinski definition) is 1. The van der Waals surface area contributed by atoms with Crippen molar-refractivity contribution >= 4 is 50.6 Å². The second-order valence-electron chi connectivity index (χ2n) is 5.54. The van der Waals surface area contributed by atoms with Crippen LogP contribution < -0.4 is 5.32 Å². The molecule has 0 amide bonds. The van der Waals surface area contributed by atoms with Crippen LogP contribution in [-0.4, -0.2) is 47.5 Å². The van der Waals surface area contributed by atoms with Gasteiger partial charge in [-0.1, -0.05) is 18.2 Å². The van der Waals surface area contributed by atoms with Crippen molar-refractivity contribution in [3.63, 3.8) is 0 Å². The zero-order valence-corrected chi connectivity index (χ0v) is 17.7. The van der Waals surface area contributed by atoms with E-state index in [2.05, 4.69) is 47.5 Å². The SMILES string of the molecule is Br.Br.CN(C)CCNc1cc(-c2ccncc2)nc2ccccc12.O. The molecule has 136 valence electrons. The Hall–Kier alpha value is -1.54. The molecule has 0 saturated heterocycles. The van der Waals surface area contributed by atoms with Gasteiger partial charge in [-0.2, -0.15) is 0 Å².